The number of aryl methyl sites for hydroxylation is 1. The van der Waals surface area contributed by atoms with E-state index in [0.29, 0.717) is 19.7 Å². The molecular formula is C18H21N5O2. The van der Waals surface area contributed by atoms with Crippen LogP contribution in [0.2, 0.25) is 0 Å². The minimum atomic E-state index is -0.115. The third-order valence-corrected chi connectivity index (χ3v) is 4.65. The number of rotatable bonds is 4. The van der Waals surface area contributed by atoms with E-state index in [0.717, 1.165) is 35.4 Å². The Labute approximate surface area is 145 Å². The molecule has 1 aromatic carbocycles. The highest BCUT2D eigenvalue weighted by Gasteiger charge is 2.26. The summed E-state index contributed by atoms with van der Waals surface area (Å²) >= 11 is 0. The Morgan fingerprint density at radius 3 is 3.12 bits per heavy atom. The second kappa shape index (κ2) is 6.78. The van der Waals surface area contributed by atoms with Crippen LogP contribution in [-0.4, -0.2) is 44.3 Å². The van der Waals surface area contributed by atoms with Gasteiger partial charge in [-0.3, -0.25) is 9.69 Å². The monoisotopic (exact) mass is 339 g/mol. The average Bonchev–Trinajstić information content (AvgIpc) is 3.11. The first-order chi connectivity index (χ1) is 12.2. The van der Waals surface area contributed by atoms with Gasteiger partial charge in [-0.05, 0) is 24.4 Å². The number of morpholine rings is 1. The predicted octanol–water partition coefficient (Wildman–Crippen LogP) is 1.71. The van der Waals surface area contributed by atoms with Gasteiger partial charge in [0.2, 0.25) is 0 Å². The third-order valence-electron chi connectivity index (χ3n) is 4.65. The summed E-state index contributed by atoms with van der Waals surface area (Å²) in [7, 11) is 0. The molecule has 2 aromatic heterocycles. The quantitative estimate of drug-likeness (QED) is 0.783. The summed E-state index contributed by atoms with van der Waals surface area (Å²) in [4.78, 5) is 17.6. The topological polar surface area (TPSA) is 76.0 Å². The fraction of sp³-hybridized carbons (Fsp3) is 0.389. The third kappa shape index (κ3) is 3.20. The van der Waals surface area contributed by atoms with E-state index in [2.05, 4.69) is 27.0 Å². The Morgan fingerprint density at radius 2 is 2.24 bits per heavy atom. The molecule has 1 fully saturated rings. The van der Waals surface area contributed by atoms with Crippen molar-refractivity contribution in [3.05, 3.63) is 58.4 Å². The lowest BCUT2D eigenvalue weighted by Gasteiger charge is -2.32. The van der Waals surface area contributed by atoms with Crippen LogP contribution < -0.4 is 5.56 Å². The zero-order valence-electron chi connectivity index (χ0n) is 14.2. The Morgan fingerprint density at radius 1 is 1.36 bits per heavy atom. The van der Waals surface area contributed by atoms with E-state index in [4.69, 9.17) is 4.74 Å². The highest BCUT2D eigenvalue weighted by Crippen LogP contribution is 2.21. The fourth-order valence-corrected chi connectivity index (χ4v) is 3.31. The number of nitrogens with zero attached hydrogens (tertiary/aromatic N) is 4. The standard InChI is InChI=1S/C18H21N5O2/c1-2-23-12-19-21-17(23)16-11-22(7-8-25-16)10-14-9-13-5-3-4-6-15(13)20-18(14)24/h3-6,9,12,16H,2,7-8,10-11H2,1H3,(H,20,24)/t16-/m1/s1. The van der Waals surface area contributed by atoms with Crippen LogP contribution in [0.5, 0.6) is 0 Å². The van der Waals surface area contributed by atoms with Gasteiger partial charge in [-0.1, -0.05) is 18.2 Å². The molecule has 130 valence electrons. The summed E-state index contributed by atoms with van der Waals surface area (Å²) in [6, 6.07) is 9.82. The Kier molecular flexibility index (Phi) is 4.33. The molecule has 1 aliphatic heterocycles. The summed E-state index contributed by atoms with van der Waals surface area (Å²) in [5.74, 6) is 0.847. The average molecular weight is 339 g/mol. The highest BCUT2D eigenvalue weighted by atomic mass is 16.5. The maximum atomic E-state index is 12.4. The van der Waals surface area contributed by atoms with Gasteiger partial charge in [0.15, 0.2) is 5.82 Å². The van der Waals surface area contributed by atoms with Crippen LogP contribution in [0.15, 0.2) is 41.5 Å². The smallest absolute Gasteiger partial charge is 0.252 e. The number of pyridine rings is 1. The van der Waals surface area contributed by atoms with Gasteiger partial charge in [0.05, 0.1) is 6.61 Å². The molecule has 7 nitrogen and oxygen atoms in total. The van der Waals surface area contributed by atoms with Crippen LogP contribution >= 0.6 is 0 Å². The maximum Gasteiger partial charge on any atom is 0.252 e. The Bertz CT molecular complexity index is 932. The molecule has 3 aromatic rings. The summed E-state index contributed by atoms with van der Waals surface area (Å²) in [5, 5.41) is 9.24. The molecule has 1 aliphatic rings. The number of hydrogen-bond donors (Lipinski definition) is 1. The molecule has 0 amide bonds. The Hall–Kier alpha value is -2.51. The van der Waals surface area contributed by atoms with Gasteiger partial charge in [-0.2, -0.15) is 0 Å². The second-order valence-corrected chi connectivity index (χ2v) is 6.28. The molecule has 0 aliphatic carbocycles. The predicted molar refractivity (Wildman–Crippen MR) is 94.2 cm³/mol. The maximum absolute atomic E-state index is 12.4. The minimum absolute atomic E-state index is 0.0292. The molecule has 4 rings (SSSR count). The van der Waals surface area contributed by atoms with E-state index in [-0.39, 0.29) is 11.7 Å². The number of fused-ring (bicyclic) bond motifs is 1. The number of nitrogens with one attached hydrogen (secondary N) is 1. The molecule has 1 saturated heterocycles. The molecule has 1 atom stereocenters. The number of hydrogen-bond acceptors (Lipinski definition) is 5. The van der Waals surface area contributed by atoms with E-state index in [1.807, 2.05) is 34.9 Å². The largest absolute Gasteiger partial charge is 0.368 e. The van der Waals surface area contributed by atoms with Crippen LogP contribution in [0.25, 0.3) is 10.9 Å². The number of aromatic amines is 1. The number of para-hydroxylation sites is 1. The number of benzene rings is 1. The molecule has 0 radical (unpaired) electrons. The van der Waals surface area contributed by atoms with E-state index < -0.39 is 0 Å². The molecule has 0 unspecified atom stereocenters. The zero-order chi connectivity index (χ0) is 17.2. The minimum Gasteiger partial charge on any atom is -0.368 e. The lowest BCUT2D eigenvalue weighted by molar-refractivity contribution is -0.0389. The van der Waals surface area contributed by atoms with E-state index in [1.165, 1.54) is 0 Å². The second-order valence-electron chi connectivity index (χ2n) is 6.28. The fourth-order valence-electron chi connectivity index (χ4n) is 3.31. The van der Waals surface area contributed by atoms with E-state index in [9.17, 15) is 4.79 Å². The van der Waals surface area contributed by atoms with Gasteiger partial charge < -0.3 is 14.3 Å². The van der Waals surface area contributed by atoms with E-state index in [1.54, 1.807) is 6.33 Å². The zero-order valence-corrected chi connectivity index (χ0v) is 14.2. The van der Waals surface area contributed by atoms with Gasteiger partial charge in [0.25, 0.3) is 5.56 Å². The molecule has 25 heavy (non-hydrogen) atoms. The van der Waals surface area contributed by atoms with Gasteiger partial charge in [0, 0.05) is 37.3 Å². The summed E-state index contributed by atoms with van der Waals surface area (Å²) in [6.07, 6.45) is 1.61. The number of H-pyrrole nitrogens is 1. The van der Waals surface area contributed by atoms with Crippen LogP contribution in [0.3, 0.4) is 0 Å². The van der Waals surface area contributed by atoms with Gasteiger partial charge in [-0.15, -0.1) is 10.2 Å². The van der Waals surface area contributed by atoms with Crippen LogP contribution in [0.4, 0.5) is 0 Å². The van der Waals surface area contributed by atoms with Crippen molar-refractivity contribution in [3.63, 3.8) is 0 Å². The van der Waals surface area contributed by atoms with Gasteiger partial charge >= 0.3 is 0 Å². The van der Waals surface area contributed by atoms with Crippen molar-refractivity contribution in [1.29, 1.82) is 0 Å². The van der Waals surface area contributed by atoms with Crippen LogP contribution in [-0.2, 0) is 17.8 Å². The first-order valence-corrected chi connectivity index (χ1v) is 8.57. The van der Waals surface area contributed by atoms with Gasteiger partial charge in [0.1, 0.15) is 12.4 Å². The van der Waals surface area contributed by atoms with Crippen LogP contribution in [0.1, 0.15) is 24.4 Å². The molecule has 3 heterocycles. The highest BCUT2D eigenvalue weighted by molar-refractivity contribution is 5.78. The summed E-state index contributed by atoms with van der Waals surface area (Å²) in [5.41, 5.74) is 1.61. The first kappa shape index (κ1) is 16.0. The molecular weight excluding hydrogens is 318 g/mol. The van der Waals surface area contributed by atoms with E-state index >= 15 is 0 Å². The van der Waals surface area contributed by atoms with Crippen LogP contribution in [0, 0.1) is 0 Å². The molecule has 1 N–H and O–H groups in total. The molecule has 0 bridgehead atoms. The number of aromatic nitrogens is 4. The number of ether oxygens (including phenoxy) is 1. The van der Waals surface area contributed by atoms with Gasteiger partial charge in [-0.25, -0.2) is 0 Å². The van der Waals surface area contributed by atoms with Crippen molar-refractivity contribution in [2.45, 2.75) is 26.1 Å². The first-order valence-electron chi connectivity index (χ1n) is 8.57. The summed E-state index contributed by atoms with van der Waals surface area (Å²) < 4.78 is 7.88. The molecule has 0 saturated carbocycles. The van der Waals surface area contributed by atoms with Crippen molar-refractivity contribution >= 4 is 10.9 Å². The van der Waals surface area contributed by atoms with Crippen molar-refractivity contribution < 1.29 is 4.74 Å². The molecule has 7 heteroatoms. The van der Waals surface area contributed by atoms with Crippen molar-refractivity contribution in [1.82, 2.24) is 24.6 Å². The summed E-state index contributed by atoms with van der Waals surface area (Å²) in [6.45, 7) is 5.58. The SMILES string of the molecule is CCn1cnnc1[C@H]1CN(Cc2cc3ccccc3[nH]c2=O)CCO1. The van der Waals surface area contributed by atoms with Crippen molar-refractivity contribution in [3.8, 4) is 0 Å². The molecule has 0 spiro atoms. The van der Waals surface area contributed by atoms with Crippen molar-refractivity contribution in [2.24, 2.45) is 0 Å². The Balaban J connectivity index is 1.55. The normalized spacial score (nSPS) is 18.7. The van der Waals surface area contributed by atoms with Crippen molar-refractivity contribution in [2.75, 3.05) is 19.7 Å². The lowest BCUT2D eigenvalue weighted by atomic mass is 10.1. The lowest BCUT2D eigenvalue weighted by Crippen LogP contribution is -2.39.